The number of benzene rings is 2. The summed E-state index contributed by atoms with van der Waals surface area (Å²) in [5, 5.41) is 10.0. The van der Waals surface area contributed by atoms with E-state index in [4.69, 9.17) is 9.72 Å². The normalized spacial score (nSPS) is 12.1. The first-order valence-electron chi connectivity index (χ1n) is 9.06. The van der Waals surface area contributed by atoms with Crippen molar-refractivity contribution >= 4 is 11.8 Å². The Balaban J connectivity index is 2.17. The molecule has 0 amide bonds. The van der Waals surface area contributed by atoms with Crippen molar-refractivity contribution in [1.82, 2.24) is 9.55 Å². The number of aliphatic hydroxyl groups is 1. The van der Waals surface area contributed by atoms with Crippen LogP contribution in [0, 0.1) is 6.92 Å². The lowest BCUT2D eigenvalue weighted by atomic mass is 9.99. The van der Waals surface area contributed by atoms with Crippen LogP contribution >= 0.6 is 11.8 Å². The third-order valence-electron chi connectivity index (χ3n) is 4.79. The molecule has 5 heteroatoms. The Morgan fingerprint density at radius 1 is 1.19 bits per heavy atom. The second-order valence-corrected chi connectivity index (χ2v) is 7.50. The van der Waals surface area contributed by atoms with Crippen LogP contribution < -0.4 is 4.74 Å². The van der Waals surface area contributed by atoms with E-state index in [1.807, 2.05) is 36.7 Å². The van der Waals surface area contributed by atoms with Crippen molar-refractivity contribution in [3.63, 3.8) is 0 Å². The van der Waals surface area contributed by atoms with E-state index in [1.54, 1.807) is 18.9 Å². The minimum Gasteiger partial charge on any atom is -0.497 e. The van der Waals surface area contributed by atoms with E-state index in [1.165, 1.54) is 0 Å². The summed E-state index contributed by atoms with van der Waals surface area (Å²) in [6, 6.07) is 16.3. The molecule has 0 unspecified atom stereocenters. The summed E-state index contributed by atoms with van der Waals surface area (Å²) in [7, 11) is 1.68. The molecule has 142 valence electrons. The summed E-state index contributed by atoms with van der Waals surface area (Å²) < 4.78 is 7.50. The fourth-order valence-electron chi connectivity index (χ4n) is 3.31. The molecule has 1 heterocycles. The van der Waals surface area contributed by atoms with Gasteiger partial charge in [-0.25, -0.2) is 4.98 Å². The maximum Gasteiger partial charge on any atom is 0.119 e. The van der Waals surface area contributed by atoms with Gasteiger partial charge in [-0.3, -0.25) is 0 Å². The Kier molecular flexibility index (Phi) is 6.58. The molecule has 0 radical (unpaired) electrons. The fraction of sp³-hybridized carbons (Fsp3) is 0.318. The van der Waals surface area contributed by atoms with Crippen LogP contribution in [0.2, 0.25) is 0 Å². The van der Waals surface area contributed by atoms with Crippen molar-refractivity contribution in [2.45, 2.75) is 19.4 Å². The molecule has 3 rings (SSSR count). The summed E-state index contributed by atoms with van der Waals surface area (Å²) in [6.07, 6.45) is 4.85. The van der Waals surface area contributed by atoms with Crippen LogP contribution in [0.5, 0.6) is 5.75 Å². The van der Waals surface area contributed by atoms with Crippen molar-refractivity contribution in [3.05, 3.63) is 60.4 Å². The van der Waals surface area contributed by atoms with E-state index in [9.17, 15) is 5.11 Å². The molecule has 0 saturated heterocycles. The zero-order chi connectivity index (χ0) is 19.2. The molecule has 0 fully saturated rings. The molecule has 1 atom stereocenters. The molecule has 0 bridgehead atoms. The van der Waals surface area contributed by atoms with Crippen LogP contribution in [0.15, 0.2) is 54.9 Å². The van der Waals surface area contributed by atoms with Gasteiger partial charge in [0.25, 0.3) is 0 Å². The lowest BCUT2D eigenvalue weighted by Crippen LogP contribution is -2.15. The van der Waals surface area contributed by atoms with Gasteiger partial charge < -0.3 is 14.4 Å². The minimum absolute atomic E-state index is 0.00101. The number of aryl methyl sites for hydroxylation is 1. The largest absolute Gasteiger partial charge is 0.497 e. The summed E-state index contributed by atoms with van der Waals surface area (Å²) in [4.78, 5) is 4.74. The number of hydrogen-bond acceptors (Lipinski definition) is 4. The zero-order valence-corrected chi connectivity index (χ0v) is 16.9. The molecule has 2 aromatic carbocycles. The third kappa shape index (κ3) is 4.20. The number of aromatic nitrogens is 2. The number of hydrogen-bond donors (Lipinski definition) is 1. The number of thioether (sulfide) groups is 1. The number of aliphatic hydroxyl groups excluding tert-OH is 1. The van der Waals surface area contributed by atoms with Gasteiger partial charge in [-0.2, -0.15) is 11.8 Å². The Bertz CT molecular complexity index is 877. The molecule has 4 nitrogen and oxygen atoms in total. The molecule has 1 aromatic heterocycles. The van der Waals surface area contributed by atoms with Crippen LogP contribution in [0.1, 0.15) is 18.0 Å². The Hall–Kier alpha value is -2.24. The smallest absolute Gasteiger partial charge is 0.119 e. The average molecular weight is 383 g/mol. The van der Waals surface area contributed by atoms with Crippen LogP contribution in [-0.4, -0.2) is 40.4 Å². The van der Waals surface area contributed by atoms with E-state index in [-0.39, 0.29) is 12.6 Å². The van der Waals surface area contributed by atoms with Gasteiger partial charge in [0.1, 0.15) is 5.75 Å². The van der Waals surface area contributed by atoms with Crippen molar-refractivity contribution in [2.75, 3.05) is 25.7 Å². The molecule has 0 aliphatic heterocycles. The topological polar surface area (TPSA) is 47.3 Å². The number of imidazole rings is 1. The first-order valence-corrected chi connectivity index (χ1v) is 10.5. The monoisotopic (exact) mass is 382 g/mol. The van der Waals surface area contributed by atoms with E-state index >= 15 is 0 Å². The van der Waals surface area contributed by atoms with Gasteiger partial charge in [0, 0.05) is 11.1 Å². The summed E-state index contributed by atoms with van der Waals surface area (Å²) >= 11 is 1.79. The second kappa shape index (κ2) is 9.11. The van der Waals surface area contributed by atoms with E-state index < -0.39 is 0 Å². The third-order valence-corrected chi connectivity index (χ3v) is 5.43. The van der Waals surface area contributed by atoms with Crippen LogP contribution in [0.25, 0.3) is 22.5 Å². The van der Waals surface area contributed by atoms with Gasteiger partial charge in [-0.15, -0.1) is 0 Å². The highest BCUT2D eigenvalue weighted by Gasteiger charge is 2.21. The molecular weight excluding hydrogens is 356 g/mol. The summed E-state index contributed by atoms with van der Waals surface area (Å²) in [5.41, 5.74) is 5.28. The molecule has 1 N–H and O–H groups in total. The Morgan fingerprint density at radius 2 is 1.96 bits per heavy atom. The van der Waals surface area contributed by atoms with Crippen molar-refractivity contribution in [2.24, 2.45) is 0 Å². The molecule has 0 saturated carbocycles. The van der Waals surface area contributed by atoms with Gasteiger partial charge in [0.15, 0.2) is 0 Å². The summed E-state index contributed by atoms with van der Waals surface area (Å²) in [5.74, 6) is 1.83. The molecule has 0 aliphatic rings. The minimum atomic E-state index is -0.00101. The molecule has 27 heavy (non-hydrogen) atoms. The highest BCUT2D eigenvalue weighted by Crippen LogP contribution is 2.36. The predicted molar refractivity (Wildman–Crippen MR) is 114 cm³/mol. The van der Waals surface area contributed by atoms with Crippen LogP contribution in [-0.2, 0) is 0 Å². The van der Waals surface area contributed by atoms with E-state index in [2.05, 4.69) is 35.9 Å². The Labute approximate surface area is 165 Å². The molecule has 0 aliphatic carbocycles. The first kappa shape index (κ1) is 19.5. The summed E-state index contributed by atoms with van der Waals surface area (Å²) in [6.45, 7) is 2.17. The number of ether oxygens (including phenoxy) is 1. The van der Waals surface area contributed by atoms with Gasteiger partial charge in [0.2, 0.25) is 0 Å². The van der Waals surface area contributed by atoms with Gasteiger partial charge >= 0.3 is 0 Å². The van der Waals surface area contributed by atoms with Crippen molar-refractivity contribution in [1.29, 1.82) is 0 Å². The lowest BCUT2D eigenvalue weighted by molar-refractivity contribution is 0.226. The standard InChI is InChI=1S/C22H26N2O2S/c1-16-13-19(26-2)9-10-20(16)22-21(17-7-5-4-6-8-17)23-15-24(22)18(14-25)11-12-27-3/h4-10,13,15,18,25H,11-12,14H2,1-3H3/t18-/m0/s1. The lowest BCUT2D eigenvalue weighted by Gasteiger charge is -2.20. The maximum absolute atomic E-state index is 10.0. The fourth-order valence-corrected chi connectivity index (χ4v) is 3.82. The van der Waals surface area contributed by atoms with Gasteiger partial charge in [0.05, 0.1) is 37.5 Å². The van der Waals surface area contributed by atoms with Gasteiger partial charge in [-0.05, 0) is 49.1 Å². The van der Waals surface area contributed by atoms with Crippen LogP contribution in [0.4, 0.5) is 0 Å². The number of methoxy groups -OCH3 is 1. The average Bonchev–Trinajstić information content (AvgIpc) is 3.13. The number of nitrogens with zero attached hydrogens (tertiary/aromatic N) is 2. The molecule has 3 aromatic rings. The Morgan fingerprint density at radius 3 is 2.59 bits per heavy atom. The van der Waals surface area contributed by atoms with E-state index in [0.29, 0.717) is 0 Å². The number of rotatable bonds is 8. The molecule has 0 spiro atoms. The quantitative estimate of drug-likeness (QED) is 0.607. The predicted octanol–water partition coefficient (Wildman–Crippen LogP) is 4.82. The molecular formula is C22H26N2O2S. The maximum atomic E-state index is 10.0. The SMILES string of the molecule is COc1ccc(-c2c(-c3ccccc3)ncn2[C@H](CO)CCSC)c(C)c1. The van der Waals surface area contributed by atoms with Crippen molar-refractivity contribution < 1.29 is 9.84 Å². The highest BCUT2D eigenvalue weighted by molar-refractivity contribution is 7.98. The highest BCUT2D eigenvalue weighted by atomic mass is 32.2. The first-order chi connectivity index (χ1) is 13.2. The van der Waals surface area contributed by atoms with E-state index in [0.717, 1.165) is 46.0 Å². The van der Waals surface area contributed by atoms with Gasteiger partial charge in [-0.1, -0.05) is 30.3 Å². The zero-order valence-electron chi connectivity index (χ0n) is 16.1. The second-order valence-electron chi connectivity index (χ2n) is 6.51. The van der Waals surface area contributed by atoms with Crippen LogP contribution in [0.3, 0.4) is 0 Å². The van der Waals surface area contributed by atoms with Crippen molar-refractivity contribution in [3.8, 4) is 28.3 Å².